The molecular weight excluding hydrogens is 492 g/mol. The van der Waals surface area contributed by atoms with E-state index in [2.05, 4.69) is 20.9 Å². The van der Waals surface area contributed by atoms with Crippen molar-refractivity contribution in [3.05, 3.63) is 56.4 Å². The highest BCUT2D eigenvalue weighted by atomic mass is 79.9. The van der Waals surface area contributed by atoms with Crippen LogP contribution in [-0.2, 0) is 9.53 Å². The minimum atomic E-state index is -0.132. The molecule has 0 bridgehead atoms. The number of amidine groups is 1. The number of carbonyl (C=O) groups excluding carboxylic acids is 1. The van der Waals surface area contributed by atoms with E-state index >= 15 is 0 Å². The van der Waals surface area contributed by atoms with Crippen LogP contribution in [-0.4, -0.2) is 50.5 Å². The van der Waals surface area contributed by atoms with Gasteiger partial charge in [0.25, 0.3) is 5.91 Å². The Hall–Kier alpha value is -2.00. The lowest BCUT2D eigenvalue weighted by Crippen LogP contribution is -2.32. The number of hydrogen-bond donors (Lipinski definition) is 0. The molecule has 9 heteroatoms. The highest BCUT2D eigenvalue weighted by Crippen LogP contribution is 2.38. The van der Waals surface area contributed by atoms with E-state index in [-0.39, 0.29) is 5.91 Å². The Kier molecular flexibility index (Phi) is 7.82. The number of nitrogens with zero attached hydrogens (tertiary/aromatic N) is 2. The first-order chi connectivity index (χ1) is 14.5. The third-order valence-corrected chi connectivity index (χ3v) is 6.10. The molecule has 0 unspecified atom stereocenters. The number of methoxy groups -OCH3 is 3. The van der Waals surface area contributed by atoms with Gasteiger partial charge in [0.05, 0.1) is 47.5 Å². The van der Waals surface area contributed by atoms with Crippen molar-refractivity contribution in [2.24, 2.45) is 4.99 Å². The van der Waals surface area contributed by atoms with E-state index in [0.717, 1.165) is 17.0 Å². The highest BCUT2D eigenvalue weighted by Gasteiger charge is 2.33. The van der Waals surface area contributed by atoms with E-state index in [1.165, 1.54) is 11.8 Å². The Labute approximate surface area is 193 Å². The van der Waals surface area contributed by atoms with Crippen molar-refractivity contribution < 1.29 is 19.0 Å². The van der Waals surface area contributed by atoms with Gasteiger partial charge >= 0.3 is 0 Å². The smallest absolute Gasteiger partial charge is 0.266 e. The summed E-state index contributed by atoms with van der Waals surface area (Å²) in [4.78, 5) is 19.8. The molecule has 1 amide bonds. The van der Waals surface area contributed by atoms with Gasteiger partial charge in [0.2, 0.25) is 0 Å². The zero-order valence-corrected chi connectivity index (χ0v) is 19.8. The van der Waals surface area contributed by atoms with Gasteiger partial charge in [-0.2, -0.15) is 0 Å². The number of rotatable bonds is 7. The monoisotopic (exact) mass is 510 g/mol. The van der Waals surface area contributed by atoms with E-state index in [4.69, 9.17) is 25.8 Å². The molecule has 1 aliphatic heterocycles. The molecule has 2 aromatic carbocycles. The number of hydrogen-bond acceptors (Lipinski definition) is 6. The quantitative estimate of drug-likeness (QED) is 0.468. The molecule has 1 saturated heterocycles. The van der Waals surface area contributed by atoms with Gasteiger partial charge < -0.3 is 14.2 Å². The zero-order chi connectivity index (χ0) is 21.7. The lowest BCUT2D eigenvalue weighted by atomic mass is 10.2. The van der Waals surface area contributed by atoms with Crippen LogP contribution >= 0.6 is 39.3 Å². The summed E-state index contributed by atoms with van der Waals surface area (Å²) in [5, 5.41) is 1.05. The minimum Gasteiger partial charge on any atom is -0.497 e. The first-order valence-electron chi connectivity index (χ1n) is 8.93. The van der Waals surface area contributed by atoms with Crippen molar-refractivity contribution >= 4 is 62.1 Å². The van der Waals surface area contributed by atoms with Crippen LogP contribution in [0.3, 0.4) is 0 Å². The molecule has 0 radical (unpaired) electrons. The number of aliphatic imine (C=N–C) groups is 1. The van der Waals surface area contributed by atoms with E-state index < -0.39 is 0 Å². The van der Waals surface area contributed by atoms with Crippen LogP contribution in [0.1, 0.15) is 5.56 Å². The molecule has 0 aromatic heterocycles. The summed E-state index contributed by atoms with van der Waals surface area (Å²) >= 11 is 11.0. The first-order valence-corrected chi connectivity index (χ1v) is 10.9. The fourth-order valence-corrected chi connectivity index (χ4v) is 4.83. The normalized spacial score (nSPS) is 16.6. The molecule has 0 aliphatic carbocycles. The predicted molar refractivity (Wildman–Crippen MR) is 125 cm³/mol. The molecule has 2 aromatic rings. The van der Waals surface area contributed by atoms with Crippen LogP contribution in [0.5, 0.6) is 11.5 Å². The maximum atomic E-state index is 13.0. The summed E-state index contributed by atoms with van der Waals surface area (Å²) in [6.45, 7) is 0.808. The standard InChI is InChI=1S/C21H20BrClN2O4S/c1-27-9-8-25-20(26)18(12-13-10-16(22)19(29-3)17(23)11-13)30-21(25)24-14-4-6-15(28-2)7-5-14/h4-7,10-12H,8-9H2,1-3H3/b18-12-,24-21?. The van der Waals surface area contributed by atoms with Crippen molar-refractivity contribution in [2.75, 3.05) is 34.5 Å². The summed E-state index contributed by atoms with van der Waals surface area (Å²) in [5.74, 6) is 1.16. The SMILES string of the molecule is COCCN1C(=O)/C(=C/c2cc(Cl)c(OC)c(Br)c2)SC1=Nc1ccc(OC)cc1. The second kappa shape index (κ2) is 10.3. The second-order valence-corrected chi connectivity index (χ2v) is 8.44. The van der Waals surface area contributed by atoms with Crippen molar-refractivity contribution in [1.29, 1.82) is 0 Å². The van der Waals surface area contributed by atoms with Gasteiger partial charge in [0.15, 0.2) is 10.9 Å². The molecule has 0 saturated carbocycles. The van der Waals surface area contributed by atoms with Gasteiger partial charge in [-0.05, 0) is 75.7 Å². The largest absolute Gasteiger partial charge is 0.497 e. The third kappa shape index (κ3) is 5.18. The van der Waals surface area contributed by atoms with Gasteiger partial charge in [-0.3, -0.25) is 9.69 Å². The highest BCUT2D eigenvalue weighted by molar-refractivity contribution is 9.10. The van der Waals surface area contributed by atoms with Gasteiger partial charge in [-0.1, -0.05) is 11.6 Å². The van der Waals surface area contributed by atoms with E-state index in [0.29, 0.717) is 38.5 Å². The number of benzene rings is 2. The first kappa shape index (κ1) is 22.7. The summed E-state index contributed by atoms with van der Waals surface area (Å²) in [6.07, 6.45) is 1.79. The predicted octanol–water partition coefficient (Wildman–Crippen LogP) is 5.37. The molecule has 1 heterocycles. The number of thioether (sulfide) groups is 1. The molecule has 158 valence electrons. The Morgan fingerprint density at radius 3 is 2.50 bits per heavy atom. The van der Waals surface area contributed by atoms with E-state index in [1.807, 2.05) is 30.3 Å². The number of ether oxygens (including phenoxy) is 3. The van der Waals surface area contributed by atoms with Crippen LogP contribution in [0.15, 0.2) is 50.8 Å². The third-order valence-electron chi connectivity index (χ3n) is 4.23. The van der Waals surface area contributed by atoms with Crippen LogP contribution < -0.4 is 9.47 Å². The number of carbonyl (C=O) groups is 1. The summed E-state index contributed by atoms with van der Waals surface area (Å²) in [6, 6.07) is 10.9. The molecular formula is C21H20BrClN2O4S. The Bertz CT molecular complexity index is 972. The van der Waals surface area contributed by atoms with Crippen molar-refractivity contribution in [2.45, 2.75) is 0 Å². The molecule has 0 atom stereocenters. The topological polar surface area (TPSA) is 60.4 Å². The summed E-state index contributed by atoms with van der Waals surface area (Å²) in [7, 11) is 4.76. The minimum absolute atomic E-state index is 0.132. The van der Waals surface area contributed by atoms with E-state index in [9.17, 15) is 4.79 Å². The van der Waals surface area contributed by atoms with Crippen molar-refractivity contribution in [3.8, 4) is 11.5 Å². The lowest BCUT2D eigenvalue weighted by molar-refractivity contribution is -0.122. The molecule has 1 aliphatic rings. The van der Waals surface area contributed by atoms with Crippen LogP contribution in [0.2, 0.25) is 5.02 Å². The van der Waals surface area contributed by atoms with Crippen molar-refractivity contribution in [1.82, 2.24) is 4.90 Å². The van der Waals surface area contributed by atoms with Gasteiger partial charge in [-0.25, -0.2) is 4.99 Å². The van der Waals surface area contributed by atoms with Gasteiger partial charge in [0, 0.05) is 7.11 Å². The Balaban J connectivity index is 1.94. The molecule has 0 N–H and O–H groups in total. The fourth-order valence-electron chi connectivity index (χ4n) is 2.75. The average Bonchev–Trinajstić information content (AvgIpc) is 3.01. The molecule has 0 spiro atoms. The van der Waals surface area contributed by atoms with Crippen LogP contribution in [0.4, 0.5) is 5.69 Å². The van der Waals surface area contributed by atoms with Gasteiger partial charge in [0.1, 0.15) is 5.75 Å². The average molecular weight is 512 g/mol. The second-order valence-electron chi connectivity index (χ2n) is 6.17. The summed E-state index contributed by atoms with van der Waals surface area (Å²) in [5.41, 5.74) is 1.51. The van der Waals surface area contributed by atoms with Crippen LogP contribution in [0.25, 0.3) is 6.08 Å². The molecule has 1 fully saturated rings. The van der Waals surface area contributed by atoms with E-state index in [1.54, 1.807) is 38.4 Å². The maximum absolute atomic E-state index is 13.0. The van der Waals surface area contributed by atoms with Gasteiger partial charge in [-0.15, -0.1) is 0 Å². The molecule has 30 heavy (non-hydrogen) atoms. The number of halogens is 2. The number of amides is 1. The Morgan fingerprint density at radius 1 is 1.17 bits per heavy atom. The summed E-state index contributed by atoms with van der Waals surface area (Å²) < 4.78 is 16.3. The Morgan fingerprint density at radius 2 is 1.90 bits per heavy atom. The molecule has 6 nitrogen and oxygen atoms in total. The maximum Gasteiger partial charge on any atom is 0.266 e. The van der Waals surface area contributed by atoms with Crippen molar-refractivity contribution in [3.63, 3.8) is 0 Å². The molecule has 3 rings (SSSR count). The lowest BCUT2D eigenvalue weighted by Gasteiger charge is -2.14. The van der Waals surface area contributed by atoms with Crippen LogP contribution in [0, 0.1) is 0 Å². The zero-order valence-electron chi connectivity index (χ0n) is 16.6. The fraction of sp³-hybridized carbons (Fsp3) is 0.238.